The summed E-state index contributed by atoms with van der Waals surface area (Å²) >= 11 is 0. The summed E-state index contributed by atoms with van der Waals surface area (Å²) in [4.78, 5) is 30.9. The number of hydrogen-bond acceptors (Lipinski definition) is 7. The minimum atomic E-state index is -0.576. The van der Waals surface area contributed by atoms with Crippen LogP contribution >= 0.6 is 0 Å². The average molecular weight is 447 g/mol. The van der Waals surface area contributed by atoms with Gasteiger partial charge in [0.2, 0.25) is 0 Å². The van der Waals surface area contributed by atoms with Gasteiger partial charge in [-0.1, -0.05) is 48.5 Å². The van der Waals surface area contributed by atoms with Gasteiger partial charge in [0.05, 0.1) is 31.6 Å². The predicted octanol–water partition coefficient (Wildman–Crippen LogP) is 1.55. The Balaban J connectivity index is 1.73. The van der Waals surface area contributed by atoms with Crippen molar-refractivity contribution in [2.24, 2.45) is 0 Å². The average Bonchev–Trinajstić information content (AvgIpc) is 3.28. The maximum absolute atomic E-state index is 12.9. The van der Waals surface area contributed by atoms with E-state index >= 15 is 0 Å². The molecule has 170 valence electrons. The van der Waals surface area contributed by atoms with E-state index in [1.165, 1.54) is 16.5 Å². The van der Waals surface area contributed by atoms with E-state index in [4.69, 9.17) is 10.5 Å². The fourth-order valence-electron chi connectivity index (χ4n) is 3.55. The Labute approximate surface area is 189 Å². The second-order valence-corrected chi connectivity index (χ2v) is 7.44. The summed E-state index contributed by atoms with van der Waals surface area (Å²) < 4.78 is 6.39. The van der Waals surface area contributed by atoms with Gasteiger partial charge in [-0.25, -0.2) is 4.79 Å². The molecule has 2 aromatic heterocycles. The van der Waals surface area contributed by atoms with E-state index in [0.717, 1.165) is 11.3 Å². The zero-order valence-corrected chi connectivity index (χ0v) is 18.2. The molecule has 0 aliphatic carbocycles. The van der Waals surface area contributed by atoms with Gasteiger partial charge in [-0.3, -0.25) is 14.3 Å². The van der Waals surface area contributed by atoms with Crippen molar-refractivity contribution >= 4 is 11.5 Å². The Morgan fingerprint density at radius 3 is 2.42 bits per heavy atom. The van der Waals surface area contributed by atoms with Crippen molar-refractivity contribution in [3.05, 3.63) is 99.0 Å². The minimum absolute atomic E-state index is 0.0761. The summed E-state index contributed by atoms with van der Waals surface area (Å²) in [5.41, 5.74) is 7.84. The predicted molar refractivity (Wildman–Crippen MR) is 125 cm³/mol. The third kappa shape index (κ3) is 5.01. The summed E-state index contributed by atoms with van der Waals surface area (Å²) in [5, 5.41) is 8.91. The van der Waals surface area contributed by atoms with E-state index in [0.29, 0.717) is 12.2 Å². The molecule has 2 aromatic carbocycles. The molecule has 0 atom stereocenters. The molecule has 0 aliphatic rings. The van der Waals surface area contributed by atoms with Gasteiger partial charge >= 0.3 is 5.69 Å². The Hall–Kier alpha value is -4.18. The van der Waals surface area contributed by atoms with Gasteiger partial charge in [-0.05, 0) is 17.7 Å². The first-order valence-electron chi connectivity index (χ1n) is 10.4. The summed E-state index contributed by atoms with van der Waals surface area (Å²) in [6.45, 7) is 1.14. The van der Waals surface area contributed by atoms with Crippen LogP contribution in [0.5, 0.6) is 0 Å². The van der Waals surface area contributed by atoms with Crippen LogP contribution in [0.4, 0.5) is 11.5 Å². The van der Waals surface area contributed by atoms with Crippen LogP contribution in [-0.2, 0) is 24.4 Å². The number of rotatable bonds is 9. The van der Waals surface area contributed by atoms with Crippen LogP contribution in [0.25, 0.3) is 5.69 Å². The molecule has 0 saturated heterocycles. The number of nitrogens with zero attached hydrogens (tertiary/aromatic N) is 5. The van der Waals surface area contributed by atoms with Crippen molar-refractivity contribution in [2.45, 2.75) is 19.6 Å². The maximum Gasteiger partial charge on any atom is 0.330 e. The zero-order chi connectivity index (χ0) is 23.2. The smallest absolute Gasteiger partial charge is 0.330 e. The lowest BCUT2D eigenvalue weighted by Crippen LogP contribution is -2.38. The summed E-state index contributed by atoms with van der Waals surface area (Å²) in [6, 6.07) is 19.2. The van der Waals surface area contributed by atoms with E-state index in [1.807, 2.05) is 60.7 Å². The van der Waals surface area contributed by atoms with Crippen LogP contribution in [-0.4, -0.2) is 38.3 Å². The van der Waals surface area contributed by atoms with Gasteiger partial charge < -0.3 is 15.4 Å². The number of nitrogens with two attached hydrogens (primary N) is 1. The van der Waals surface area contributed by atoms with Crippen molar-refractivity contribution in [2.75, 3.05) is 24.4 Å². The van der Waals surface area contributed by atoms with E-state index in [-0.39, 0.29) is 31.2 Å². The number of methoxy groups -OCH3 is 1. The van der Waals surface area contributed by atoms with E-state index in [2.05, 4.69) is 15.2 Å². The first kappa shape index (κ1) is 22.0. The van der Waals surface area contributed by atoms with Gasteiger partial charge in [0.15, 0.2) is 0 Å². The molecule has 0 spiro atoms. The molecule has 4 aromatic rings. The minimum Gasteiger partial charge on any atom is -0.383 e. The lowest BCUT2D eigenvalue weighted by molar-refractivity contribution is 0.186. The number of H-pyrrole nitrogens is 1. The first-order chi connectivity index (χ1) is 16.1. The Kier molecular flexibility index (Phi) is 6.65. The van der Waals surface area contributed by atoms with E-state index < -0.39 is 11.2 Å². The molecule has 10 nitrogen and oxygen atoms in total. The van der Waals surface area contributed by atoms with Gasteiger partial charge in [-0.15, -0.1) is 0 Å². The molecule has 2 heterocycles. The molecule has 0 radical (unpaired) electrons. The van der Waals surface area contributed by atoms with Crippen LogP contribution in [0.3, 0.4) is 0 Å². The standard InChI is InChI=1S/C23H25N7O3/c1-33-13-12-29-21(24)20(22(31)26-23(29)32)28(15-17-8-4-2-5-9-17)16-18-14-25-30(27-18)19-10-6-3-7-11-19/h2-11,14H,12-13,15-16,24H2,1H3,(H,26,31,32). The highest BCUT2D eigenvalue weighted by Gasteiger charge is 2.21. The van der Waals surface area contributed by atoms with Crippen LogP contribution < -0.4 is 21.9 Å². The van der Waals surface area contributed by atoms with Gasteiger partial charge in [0.1, 0.15) is 17.2 Å². The molecule has 0 amide bonds. The molecule has 4 rings (SSSR count). The number of anilines is 2. The Morgan fingerprint density at radius 2 is 1.73 bits per heavy atom. The largest absolute Gasteiger partial charge is 0.383 e. The fourth-order valence-corrected chi connectivity index (χ4v) is 3.55. The van der Waals surface area contributed by atoms with Crippen LogP contribution in [0, 0.1) is 0 Å². The summed E-state index contributed by atoms with van der Waals surface area (Å²) in [7, 11) is 1.53. The third-order valence-electron chi connectivity index (χ3n) is 5.14. The molecule has 33 heavy (non-hydrogen) atoms. The van der Waals surface area contributed by atoms with E-state index in [1.54, 1.807) is 11.1 Å². The summed E-state index contributed by atoms with van der Waals surface area (Å²) in [6.07, 6.45) is 1.65. The van der Waals surface area contributed by atoms with Gasteiger partial charge in [-0.2, -0.15) is 15.0 Å². The number of benzene rings is 2. The lowest BCUT2D eigenvalue weighted by atomic mass is 10.2. The molecule has 10 heteroatoms. The fraction of sp³-hybridized carbons (Fsp3) is 0.217. The number of aromatic amines is 1. The quantitative estimate of drug-likeness (QED) is 0.399. The van der Waals surface area contributed by atoms with Gasteiger partial charge in [0, 0.05) is 13.7 Å². The second kappa shape index (κ2) is 9.96. The van der Waals surface area contributed by atoms with Crippen molar-refractivity contribution < 1.29 is 4.74 Å². The Morgan fingerprint density at radius 1 is 1.03 bits per heavy atom. The molecule has 0 aliphatic heterocycles. The van der Waals surface area contributed by atoms with Crippen molar-refractivity contribution in [3.8, 4) is 5.69 Å². The summed E-state index contributed by atoms with van der Waals surface area (Å²) in [5.74, 6) is 0.0761. The number of aromatic nitrogens is 5. The normalized spacial score (nSPS) is 10.9. The molecule has 0 fully saturated rings. The molecular weight excluding hydrogens is 422 g/mol. The third-order valence-corrected chi connectivity index (χ3v) is 5.14. The highest BCUT2D eigenvalue weighted by molar-refractivity contribution is 5.62. The second-order valence-electron chi connectivity index (χ2n) is 7.44. The SMILES string of the molecule is COCCn1c(N)c(N(Cc2ccccc2)Cc2cnn(-c3ccccc3)n2)c(=O)[nH]c1=O. The maximum atomic E-state index is 12.9. The topological polar surface area (TPSA) is 124 Å². The number of ether oxygens (including phenoxy) is 1. The molecule has 0 bridgehead atoms. The highest BCUT2D eigenvalue weighted by atomic mass is 16.5. The molecular formula is C23H25N7O3. The number of nitrogens with one attached hydrogen (secondary N) is 1. The van der Waals surface area contributed by atoms with Crippen molar-refractivity contribution in [3.63, 3.8) is 0 Å². The molecule has 3 N–H and O–H groups in total. The zero-order valence-electron chi connectivity index (χ0n) is 18.2. The highest BCUT2D eigenvalue weighted by Crippen LogP contribution is 2.21. The number of hydrogen-bond donors (Lipinski definition) is 2. The van der Waals surface area contributed by atoms with Gasteiger partial charge in [0.25, 0.3) is 5.56 Å². The van der Waals surface area contributed by atoms with Crippen LogP contribution in [0.2, 0.25) is 0 Å². The first-order valence-corrected chi connectivity index (χ1v) is 10.4. The van der Waals surface area contributed by atoms with Crippen molar-refractivity contribution in [1.82, 2.24) is 24.5 Å². The molecule has 0 unspecified atom stereocenters. The van der Waals surface area contributed by atoms with Crippen LogP contribution in [0.15, 0.2) is 76.4 Å². The van der Waals surface area contributed by atoms with E-state index in [9.17, 15) is 9.59 Å². The number of para-hydroxylation sites is 1. The number of nitrogen functional groups attached to an aromatic ring is 1. The molecule has 0 saturated carbocycles. The lowest BCUT2D eigenvalue weighted by Gasteiger charge is -2.25. The van der Waals surface area contributed by atoms with Crippen LogP contribution in [0.1, 0.15) is 11.3 Å². The Bertz CT molecular complexity index is 1310. The monoisotopic (exact) mass is 447 g/mol. The van der Waals surface area contributed by atoms with Crippen molar-refractivity contribution in [1.29, 1.82) is 0 Å².